The summed E-state index contributed by atoms with van der Waals surface area (Å²) in [5.74, 6) is -0.238. The van der Waals surface area contributed by atoms with Crippen molar-refractivity contribution < 1.29 is 14.3 Å². The Balaban J connectivity index is 2.57. The van der Waals surface area contributed by atoms with Crippen LogP contribution in [0.5, 0.6) is 0 Å². The lowest BCUT2D eigenvalue weighted by Crippen LogP contribution is -2.59. The minimum atomic E-state index is -0.954. The molecule has 1 aliphatic heterocycles. The molecule has 0 N–H and O–H groups in total. The quantitative estimate of drug-likeness (QED) is 0.571. The van der Waals surface area contributed by atoms with E-state index in [1.165, 1.54) is 0 Å². The SMILES string of the molecule is CC(C)(C)OC(=O)N1CC(=O)C1C#N. The van der Waals surface area contributed by atoms with Crippen LogP contribution >= 0.6 is 0 Å². The summed E-state index contributed by atoms with van der Waals surface area (Å²) in [6, 6.07) is 0.790. The molecular formula is C9H12N2O3. The van der Waals surface area contributed by atoms with Gasteiger partial charge in [0.25, 0.3) is 0 Å². The third kappa shape index (κ3) is 2.02. The highest BCUT2D eigenvalue weighted by atomic mass is 16.6. The van der Waals surface area contributed by atoms with Crippen LogP contribution in [0, 0.1) is 11.3 Å². The molecular weight excluding hydrogens is 184 g/mol. The van der Waals surface area contributed by atoms with Crippen molar-refractivity contribution in [3.8, 4) is 6.07 Å². The van der Waals surface area contributed by atoms with Crippen LogP contribution in [0.15, 0.2) is 0 Å². The van der Waals surface area contributed by atoms with Gasteiger partial charge in [-0.15, -0.1) is 0 Å². The van der Waals surface area contributed by atoms with Crippen molar-refractivity contribution in [3.05, 3.63) is 0 Å². The van der Waals surface area contributed by atoms with Gasteiger partial charge >= 0.3 is 6.09 Å². The van der Waals surface area contributed by atoms with Gasteiger partial charge in [-0.1, -0.05) is 0 Å². The number of hydrogen-bond donors (Lipinski definition) is 0. The summed E-state index contributed by atoms with van der Waals surface area (Å²) in [6.45, 7) is 5.17. The summed E-state index contributed by atoms with van der Waals surface area (Å²) in [6.07, 6.45) is -0.608. The highest BCUT2D eigenvalue weighted by Gasteiger charge is 2.42. The number of amides is 1. The lowest BCUT2D eigenvalue weighted by Gasteiger charge is -2.35. The maximum Gasteiger partial charge on any atom is 0.412 e. The number of hydrogen-bond acceptors (Lipinski definition) is 4. The predicted octanol–water partition coefficient (Wildman–Crippen LogP) is 0.698. The number of likely N-dealkylation sites (tertiary alicyclic amines) is 1. The van der Waals surface area contributed by atoms with Crippen molar-refractivity contribution >= 4 is 11.9 Å². The first kappa shape index (κ1) is 10.5. The lowest BCUT2D eigenvalue weighted by atomic mass is 10.0. The molecule has 0 radical (unpaired) electrons. The predicted molar refractivity (Wildman–Crippen MR) is 47.3 cm³/mol. The second-order valence-corrected chi connectivity index (χ2v) is 4.11. The molecule has 0 aliphatic carbocycles. The van der Waals surface area contributed by atoms with Crippen LogP contribution < -0.4 is 0 Å². The Bertz CT molecular complexity index is 311. The average molecular weight is 196 g/mol. The van der Waals surface area contributed by atoms with Gasteiger partial charge in [-0.25, -0.2) is 4.79 Å². The Morgan fingerprint density at radius 2 is 2.21 bits per heavy atom. The molecule has 1 rings (SSSR count). The maximum absolute atomic E-state index is 11.4. The van der Waals surface area contributed by atoms with Crippen molar-refractivity contribution in [1.82, 2.24) is 4.90 Å². The molecule has 5 nitrogen and oxygen atoms in total. The van der Waals surface area contributed by atoms with E-state index in [9.17, 15) is 9.59 Å². The zero-order chi connectivity index (χ0) is 10.9. The summed E-state index contributed by atoms with van der Waals surface area (Å²) in [7, 11) is 0. The van der Waals surface area contributed by atoms with Crippen LogP contribution in [0.2, 0.25) is 0 Å². The Morgan fingerprint density at radius 1 is 1.64 bits per heavy atom. The number of Topliss-reactive ketones (excluding diaryl/α,β-unsaturated/α-hetero) is 1. The van der Waals surface area contributed by atoms with Gasteiger partial charge in [0.15, 0.2) is 11.8 Å². The molecule has 1 unspecified atom stereocenters. The number of nitriles is 1. The van der Waals surface area contributed by atoms with Gasteiger partial charge in [0.05, 0.1) is 12.6 Å². The van der Waals surface area contributed by atoms with Crippen molar-refractivity contribution in [2.24, 2.45) is 0 Å². The van der Waals surface area contributed by atoms with Gasteiger partial charge < -0.3 is 4.74 Å². The number of nitrogens with zero attached hydrogens (tertiary/aromatic N) is 2. The fourth-order valence-electron chi connectivity index (χ4n) is 1.04. The number of carbonyl (C=O) groups excluding carboxylic acids is 2. The van der Waals surface area contributed by atoms with Crippen molar-refractivity contribution in [3.63, 3.8) is 0 Å². The first-order valence-corrected chi connectivity index (χ1v) is 4.27. The minimum Gasteiger partial charge on any atom is -0.444 e. The molecule has 5 heteroatoms. The van der Waals surface area contributed by atoms with Gasteiger partial charge in [-0.3, -0.25) is 9.69 Å². The van der Waals surface area contributed by atoms with E-state index in [-0.39, 0.29) is 12.3 Å². The van der Waals surface area contributed by atoms with Crippen molar-refractivity contribution in [2.45, 2.75) is 32.4 Å². The van der Waals surface area contributed by atoms with E-state index in [1.54, 1.807) is 26.8 Å². The molecule has 1 saturated heterocycles. The Morgan fingerprint density at radius 3 is 2.57 bits per heavy atom. The molecule has 0 spiro atoms. The molecule has 1 aliphatic rings. The molecule has 1 amide bonds. The largest absolute Gasteiger partial charge is 0.444 e. The summed E-state index contributed by atoms with van der Waals surface area (Å²) in [5, 5.41) is 8.55. The Kier molecular flexibility index (Phi) is 2.47. The summed E-state index contributed by atoms with van der Waals surface area (Å²) in [5.41, 5.74) is -0.601. The van der Waals surface area contributed by atoms with E-state index in [1.807, 2.05) is 0 Å². The van der Waals surface area contributed by atoms with Crippen LogP contribution in [0.4, 0.5) is 4.79 Å². The van der Waals surface area contributed by atoms with Gasteiger partial charge in [0.2, 0.25) is 0 Å². The fraction of sp³-hybridized carbons (Fsp3) is 0.667. The summed E-state index contributed by atoms with van der Waals surface area (Å²) >= 11 is 0. The third-order valence-corrected chi connectivity index (χ3v) is 1.69. The van der Waals surface area contributed by atoms with Crippen LogP contribution in [0.3, 0.4) is 0 Å². The topological polar surface area (TPSA) is 70.4 Å². The molecule has 14 heavy (non-hydrogen) atoms. The summed E-state index contributed by atoms with van der Waals surface area (Å²) in [4.78, 5) is 23.3. The maximum atomic E-state index is 11.4. The van der Waals surface area contributed by atoms with Gasteiger partial charge in [0.1, 0.15) is 5.60 Å². The van der Waals surface area contributed by atoms with Crippen LogP contribution in [-0.2, 0) is 9.53 Å². The van der Waals surface area contributed by atoms with E-state index in [0.717, 1.165) is 4.90 Å². The fourth-order valence-corrected chi connectivity index (χ4v) is 1.04. The minimum absolute atomic E-state index is 0.0207. The highest BCUT2D eigenvalue weighted by molar-refractivity contribution is 5.99. The first-order chi connectivity index (χ1) is 6.35. The number of rotatable bonds is 0. The number of ether oxygens (including phenoxy) is 1. The monoisotopic (exact) mass is 196 g/mol. The van der Waals surface area contributed by atoms with Gasteiger partial charge in [-0.2, -0.15) is 5.26 Å². The number of ketones is 1. The third-order valence-electron chi connectivity index (χ3n) is 1.69. The lowest BCUT2D eigenvalue weighted by molar-refractivity contribution is -0.132. The summed E-state index contributed by atoms with van der Waals surface area (Å²) < 4.78 is 5.01. The average Bonchev–Trinajstić information content (AvgIpc) is 1.97. The Hall–Kier alpha value is -1.57. The smallest absolute Gasteiger partial charge is 0.412 e. The highest BCUT2D eigenvalue weighted by Crippen LogP contribution is 2.17. The normalized spacial score (nSPS) is 21.1. The molecule has 1 heterocycles. The van der Waals surface area contributed by atoms with Crippen LogP contribution in [-0.4, -0.2) is 35.0 Å². The van der Waals surface area contributed by atoms with Crippen LogP contribution in [0.25, 0.3) is 0 Å². The molecule has 1 fully saturated rings. The van der Waals surface area contributed by atoms with Gasteiger partial charge in [-0.05, 0) is 20.8 Å². The standard InChI is InChI=1S/C9H12N2O3/c1-9(2,3)14-8(13)11-5-7(12)6(11)4-10/h6H,5H2,1-3H3. The van der Waals surface area contributed by atoms with E-state index in [4.69, 9.17) is 10.00 Å². The molecule has 1 atom stereocenters. The van der Waals surface area contributed by atoms with E-state index in [0.29, 0.717) is 0 Å². The van der Waals surface area contributed by atoms with Crippen LogP contribution in [0.1, 0.15) is 20.8 Å². The second-order valence-electron chi connectivity index (χ2n) is 4.11. The van der Waals surface area contributed by atoms with Crippen molar-refractivity contribution in [1.29, 1.82) is 5.26 Å². The molecule has 0 bridgehead atoms. The molecule has 0 aromatic heterocycles. The van der Waals surface area contributed by atoms with E-state index in [2.05, 4.69) is 0 Å². The second kappa shape index (κ2) is 3.29. The zero-order valence-electron chi connectivity index (χ0n) is 8.40. The van der Waals surface area contributed by atoms with Gasteiger partial charge in [0, 0.05) is 0 Å². The van der Waals surface area contributed by atoms with E-state index >= 15 is 0 Å². The van der Waals surface area contributed by atoms with E-state index < -0.39 is 17.7 Å². The number of carbonyl (C=O) groups is 2. The molecule has 0 aromatic rings. The first-order valence-electron chi connectivity index (χ1n) is 4.27. The van der Waals surface area contributed by atoms with Crippen molar-refractivity contribution in [2.75, 3.05) is 6.54 Å². The molecule has 0 aromatic carbocycles. The molecule has 76 valence electrons. The zero-order valence-corrected chi connectivity index (χ0v) is 8.40. The molecule has 0 saturated carbocycles. The Labute approximate surface area is 82.2 Å².